The Bertz CT molecular complexity index is 1090. The Kier molecular flexibility index (Phi) is 6.58. The van der Waals surface area contributed by atoms with Crippen LogP contribution < -0.4 is 5.32 Å². The number of amides is 1. The van der Waals surface area contributed by atoms with Crippen LogP contribution in [0, 0.1) is 5.92 Å². The number of piperidine rings is 1. The number of ketones is 1. The third kappa shape index (κ3) is 5.45. The van der Waals surface area contributed by atoms with Crippen LogP contribution in [0.2, 0.25) is 0 Å². The van der Waals surface area contributed by atoms with Crippen molar-refractivity contribution in [3.8, 4) is 11.4 Å². The van der Waals surface area contributed by atoms with Crippen molar-refractivity contribution in [3.05, 3.63) is 64.5 Å². The van der Waals surface area contributed by atoms with Crippen LogP contribution in [0.5, 0.6) is 0 Å². The molecular formula is C23H23BrN4O3. The zero-order valence-corrected chi connectivity index (χ0v) is 18.8. The minimum absolute atomic E-state index is 0.00455. The molecule has 0 saturated carbocycles. The van der Waals surface area contributed by atoms with Gasteiger partial charge in [-0.25, -0.2) is 0 Å². The predicted octanol–water partition coefficient (Wildman–Crippen LogP) is 4.55. The molecule has 3 aromatic rings. The van der Waals surface area contributed by atoms with Crippen molar-refractivity contribution in [2.45, 2.75) is 26.3 Å². The lowest BCUT2D eigenvalue weighted by Crippen LogP contribution is -2.37. The fourth-order valence-electron chi connectivity index (χ4n) is 3.67. The highest BCUT2D eigenvalue weighted by Gasteiger charge is 2.26. The van der Waals surface area contributed by atoms with Crippen LogP contribution in [0.25, 0.3) is 11.4 Å². The van der Waals surface area contributed by atoms with Crippen molar-refractivity contribution in [2.75, 3.05) is 18.4 Å². The summed E-state index contributed by atoms with van der Waals surface area (Å²) < 4.78 is 6.38. The zero-order valence-electron chi connectivity index (χ0n) is 17.2. The number of likely N-dealkylation sites (tertiary alicyclic amines) is 1. The van der Waals surface area contributed by atoms with Crippen molar-refractivity contribution in [1.29, 1.82) is 0 Å². The second kappa shape index (κ2) is 9.53. The number of benzene rings is 2. The Balaban J connectivity index is 1.29. The number of rotatable bonds is 6. The van der Waals surface area contributed by atoms with Crippen molar-refractivity contribution >= 4 is 33.3 Å². The van der Waals surface area contributed by atoms with Gasteiger partial charge in [-0.3, -0.25) is 14.5 Å². The third-order valence-corrected chi connectivity index (χ3v) is 5.90. The highest BCUT2D eigenvalue weighted by molar-refractivity contribution is 9.10. The summed E-state index contributed by atoms with van der Waals surface area (Å²) in [4.78, 5) is 30.9. The molecule has 0 radical (unpaired) electrons. The number of nitrogens with zero attached hydrogens (tertiary/aromatic N) is 3. The number of anilines is 1. The van der Waals surface area contributed by atoms with E-state index in [1.165, 1.54) is 6.92 Å². The van der Waals surface area contributed by atoms with Gasteiger partial charge >= 0.3 is 0 Å². The minimum atomic E-state index is -0.0582. The van der Waals surface area contributed by atoms with Crippen molar-refractivity contribution in [1.82, 2.24) is 15.0 Å². The third-order valence-electron chi connectivity index (χ3n) is 5.40. The van der Waals surface area contributed by atoms with Gasteiger partial charge in [0, 0.05) is 27.2 Å². The second-order valence-electron chi connectivity index (χ2n) is 7.70. The van der Waals surface area contributed by atoms with Crippen LogP contribution in [0.3, 0.4) is 0 Å². The molecule has 1 N–H and O–H groups in total. The molecule has 31 heavy (non-hydrogen) atoms. The molecule has 0 unspecified atom stereocenters. The van der Waals surface area contributed by atoms with Crippen LogP contribution in [-0.4, -0.2) is 39.8 Å². The number of hydrogen-bond donors (Lipinski definition) is 1. The van der Waals surface area contributed by atoms with E-state index in [9.17, 15) is 9.59 Å². The SMILES string of the molecule is CC(=O)c1cccc(NC(=O)C2CCN(Cc3nc(-c4cccc(Br)c4)no3)CC2)c1. The summed E-state index contributed by atoms with van der Waals surface area (Å²) in [5.74, 6) is 1.05. The predicted molar refractivity (Wildman–Crippen MR) is 121 cm³/mol. The summed E-state index contributed by atoms with van der Waals surface area (Å²) in [5, 5.41) is 7.02. The van der Waals surface area contributed by atoms with Gasteiger partial charge in [-0.05, 0) is 57.1 Å². The molecule has 0 atom stereocenters. The normalized spacial score (nSPS) is 15.0. The van der Waals surface area contributed by atoms with Crippen molar-refractivity contribution < 1.29 is 14.1 Å². The molecule has 1 aromatic heterocycles. The van der Waals surface area contributed by atoms with Crippen LogP contribution >= 0.6 is 15.9 Å². The van der Waals surface area contributed by atoms with Gasteiger partial charge in [0.15, 0.2) is 5.78 Å². The first-order valence-corrected chi connectivity index (χ1v) is 11.0. The molecule has 1 aliphatic heterocycles. The van der Waals surface area contributed by atoms with E-state index >= 15 is 0 Å². The fraction of sp³-hybridized carbons (Fsp3) is 0.304. The number of halogens is 1. The first-order chi connectivity index (χ1) is 15.0. The first kappa shape index (κ1) is 21.4. The number of aromatic nitrogens is 2. The Morgan fingerprint density at radius 1 is 1.16 bits per heavy atom. The van der Waals surface area contributed by atoms with Crippen LogP contribution in [-0.2, 0) is 11.3 Å². The molecule has 4 rings (SSSR count). The average molecular weight is 483 g/mol. The molecule has 7 nitrogen and oxygen atoms in total. The van der Waals surface area contributed by atoms with Gasteiger partial charge in [-0.15, -0.1) is 0 Å². The lowest BCUT2D eigenvalue weighted by atomic mass is 9.95. The van der Waals surface area contributed by atoms with E-state index in [0.29, 0.717) is 29.5 Å². The molecule has 2 aromatic carbocycles. The van der Waals surface area contributed by atoms with Crippen molar-refractivity contribution in [2.24, 2.45) is 5.92 Å². The number of nitrogens with one attached hydrogen (secondary N) is 1. The van der Waals surface area contributed by atoms with Crippen LogP contribution in [0.15, 0.2) is 57.5 Å². The first-order valence-electron chi connectivity index (χ1n) is 10.2. The Morgan fingerprint density at radius 3 is 2.68 bits per heavy atom. The number of carbonyl (C=O) groups excluding carboxylic acids is 2. The summed E-state index contributed by atoms with van der Waals surface area (Å²) in [7, 11) is 0. The standard InChI is InChI=1S/C23H23BrN4O3/c1-15(29)17-4-3-7-20(13-17)25-23(30)16-8-10-28(11-9-16)14-21-26-22(27-31-21)18-5-2-6-19(24)12-18/h2-7,12-13,16H,8-11,14H2,1H3,(H,25,30). The van der Waals surface area contributed by atoms with E-state index in [-0.39, 0.29) is 17.6 Å². The smallest absolute Gasteiger partial charge is 0.241 e. The average Bonchev–Trinajstić information content (AvgIpc) is 3.23. The quantitative estimate of drug-likeness (QED) is 0.518. The minimum Gasteiger partial charge on any atom is -0.338 e. The maximum absolute atomic E-state index is 12.6. The van der Waals surface area contributed by atoms with Crippen LogP contribution in [0.4, 0.5) is 5.69 Å². The summed E-state index contributed by atoms with van der Waals surface area (Å²) in [5.41, 5.74) is 2.15. The largest absolute Gasteiger partial charge is 0.338 e. The molecule has 1 saturated heterocycles. The van der Waals surface area contributed by atoms with Gasteiger partial charge in [0.25, 0.3) is 0 Å². The highest BCUT2D eigenvalue weighted by atomic mass is 79.9. The molecule has 8 heteroatoms. The van der Waals surface area contributed by atoms with E-state index in [2.05, 4.69) is 36.3 Å². The summed E-state index contributed by atoms with van der Waals surface area (Å²) in [6, 6.07) is 14.8. The van der Waals surface area contributed by atoms with Gasteiger partial charge in [-0.2, -0.15) is 4.98 Å². The molecule has 0 aliphatic carbocycles. The molecule has 2 heterocycles. The fourth-order valence-corrected chi connectivity index (χ4v) is 4.07. The monoisotopic (exact) mass is 482 g/mol. The van der Waals surface area contributed by atoms with Crippen LogP contribution in [0.1, 0.15) is 36.0 Å². The van der Waals surface area contributed by atoms with E-state index in [1.807, 2.05) is 24.3 Å². The Labute approximate surface area is 189 Å². The summed E-state index contributed by atoms with van der Waals surface area (Å²) in [6.45, 7) is 3.64. The van der Waals surface area contributed by atoms with Gasteiger partial charge < -0.3 is 9.84 Å². The van der Waals surface area contributed by atoms with Gasteiger partial charge in [0.2, 0.25) is 17.6 Å². The van der Waals surface area contributed by atoms with Crippen molar-refractivity contribution in [3.63, 3.8) is 0 Å². The molecule has 0 spiro atoms. The molecular weight excluding hydrogens is 460 g/mol. The topological polar surface area (TPSA) is 88.3 Å². The lowest BCUT2D eigenvalue weighted by Gasteiger charge is -2.30. The number of hydrogen-bond acceptors (Lipinski definition) is 6. The van der Waals surface area contributed by atoms with E-state index in [4.69, 9.17) is 4.52 Å². The Hall–Kier alpha value is -2.84. The molecule has 0 bridgehead atoms. The van der Waals surface area contributed by atoms with E-state index < -0.39 is 0 Å². The maximum Gasteiger partial charge on any atom is 0.241 e. The maximum atomic E-state index is 12.6. The number of Topliss-reactive ketones (excluding diaryl/α,β-unsaturated/α-hetero) is 1. The van der Waals surface area contributed by atoms with Gasteiger partial charge in [0.1, 0.15) is 0 Å². The lowest BCUT2D eigenvalue weighted by molar-refractivity contribution is -0.121. The number of carbonyl (C=O) groups is 2. The molecule has 1 fully saturated rings. The van der Waals surface area contributed by atoms with Gasteiger partial charge in [0.05, 0.1) is 6.54 Å². The summed E-state index contributed by atoms with van der Waals surface area (Å²) in [6.07, 6.45) is 1.51. The van der Waals surface area contributed by atoms with E-state index in [1.54, 1.807) is 24.3 Å². The Morgan fingerprint density at radius 2 is 1.94 bits per heavy atom. The van der Waals surface area contributed by atoms with E-state index in [0.717, 1.165) is 36.0 Å². The molecule has 160 valence electrons. The molecule has 1 amide bonds. The van der Waals surface area contributed by atoms with Gasteiger partial charge in [-0.1, -0.05) is 45.4 Å². The highest BCUT2D eigenvalue weighted by Crippen LogP contribution is 2.23. The molecule has 1 aliphatic rings. The zero-order chi connectivity index (χ0) is 21.8. The summed E-state index contributed by atoms with van der Waals surface area (Å²) >= 11 is 3.45. The second-order valence-corrected chi connectivity index (χ2v) is 8.61.